The number of hydrogen-bond donors (Lipinski definition) is 2. The summed E-state index contributed by atoms with van der Waals surface area (Å²) in [5.74, 6) is -0.387. The van der Waals surface area contributed by atoms with Gasteiger partial charge in [0.25, 0.3) is 0 Å². The zero-order chi connectivity index (χ0) is 15.4. The van der Waals surface area contributed by atoms with E-state index in [1.165, 1.54) is 7.11 Å². The van der Waals surface area contributed by atoms with Crippen LogP contribution in [-0.4, -0.2) is 75.0 Å². The van der Waals surface area contributed by atoms with Crippen LogP contribution < -0.4 is 5.32 Å². The highest BCUT2D eigenvalue weighted by Crippen LogP contribution is 1.93. The Morgan fingerprint density at radius 2 is 2.10 bits per heavy atom. The lowest BCUT2D eigenvalue weighted by Gasteiger charge is -2.19. The molecule has 0 spiro atoms. The third-order valence-corrected chi connectivity index (χ3v) is 2.48. The van der Waals surface area contributed by atoms with E-state index in [2.05, 4.69) is 5.32 Å². The molecule has 118 valence electrons. The minimum Gasteiger partial charge on any atom is -0.466 e. The lowest BCUT2D eigenvalue weighted by Crippen LogP contribution is -2.40. The zero-order valence-electron chi connectivity index (χ0n) is 12.6. The molecule has 0 fully saturated rings. The van der Waals surface area contributed by atoms with E-state index in [1.54, 1.807) is 18.9 Å². The van der Waals surface area contributed by atoms with Crippen LogP contribution in [0.25, 0.3) is 0 Å². The maximum atomic E-state index is 11.6. The van der Waals surface area contributed by atoms with Gasteiger partial charge in [0.15, 0.2) is 0 Å². The number of carbonyl (C=O) groups excluding carboxylic acids is 2. The molecule has 0 bridgehead atoms. The number of hydrogen-bond acceptors (Lipinski definition) is 6. The second-order valence-electron chi connectivity index (χ2n) is 4.56. The average molecular weight is 290 g/mol. The van der Waals surface area contributed by atoms with Gasteiger partial charge >= 0.3 is 5.97 Å². The monoisotopic (exact) mass is 290 g/mol. The molecule has 0 aliphatic carbocycles. The highest BCUT2D eigenvalue weighted by molar-refractivity contribution is 5.78. The summed E-state index contributed by atoms with van der Waals surface area (Å²) in [6.07, 6.45) is 0.249. The van der Waals surface area contributed by atoms with Crippen LogP contribution in [0.4, 0.5) is 0 Å². The fraction of sp³-hybridized carbons (Fsp3) is 0.846. The molecule has 0 radical (unpaired) electrons. The number of ether oxygens (including phenoxy) is 2. The summed E-state index contributed by atoms with van der Waals surface area (Å²) in [6.45, 7) is 3.37. The van der Waals surface area contributed by atoms with Gasteiger partial charge in [-0.3, -0.25) is 14.5 Å². The lowest BCUT2D eigenvalue weighted by atomic mass is 10.3. The number of nitrogens with zero attached hydrogens (tertiary/aromatic N) is 1. The van der Waals surface area contributed by atoms with Gasteiger partial charge in [-0.15, -0.1) is 0 Å². The molecule has 2 N–H and O–H groups in total. The van der Waals surface area contributed by atoms with Crippen molar-refractivity contribution in [3.8, 4) is 0 Å². The second-order valence-corrected chi connectivity index (χ2v) is 4.56. The quantitative estimate of drug-likeness (QED) is 0.390. The SMILES string of the molecule is CCOC(=O)CCCNC(=O)CN(C)CC(O)COC. The number of rotatable bonds is 11. The summed E-state index contributed by atoms with van der Waals surface area (Å²) in [5, 5.41) is 12.2. The van der Waals surface area contributed by atoms with Crippen molar-refractivity contribution in [2.75, 3.05) is 47.0 Å². The molecule has 0 aromatic heterocycles. The summed E-state index contributed by atoms with van der Waals surface area (Å²) < 4.78 is 9.59. The van der Waals surface area contributed by atoms with Crippen molar-refractivity contribution in [1.29, 1.82) is 0 Å². The summed E-state index contributed by atoms with van der Waals surface area (Å²) in [6, 6.07) is 0. The molecule has 1 atom stereocenters. The number of methoxy groups -OCH3 is 1. The molecule has 0 heterocycles. The molecule has 0 aromatic carbocycles. The van der Waals surface area contributed by atoms with E-state index in [0.717, 1.165) is 0 Å². The van der Waals surface area contributed by atoms with Crippen molar-refractivity contribution in [2.24, 2.45) is 0 Å². The van der Waals surface area contributed by atoms with Crippen LogP contribution in [0, 0.1) is 0 Å². The number of esters is 1. The first-order valence-corrected chi connectivity index (χ1v) is 6.77. The number of carbonyl (C=O) groups is 2. The highest BCUT2D eigenvalue weighted by atomic mass is 16.5. The Balaban J connectivity index is 3.64. The van der Waals surface area contributed by atoms with Crippen LogP contribution >= 0.6 is 0 Å². The van der Waals surface area contributed by atoms with Gasteiger partial charge in [-0.1, -0.05) is 0 Å². The van der Waals surface area contributed by atoms with Gasteiger partial charge in [-0.05, 0) is 20.4 Å². The van der Waals surface area contributed by atoms with E-state index in [-0.39, 0.29) is 25.0 Å². The molecule has 7 nitrogen and oxygen atoms in total. The van der Waals surface area contributed by atoms with Gasteiger partial charge in [-0.2, -0.15) is 0 Å². The maximum absolute atomic E-state index is 11.6. The molecule has 0 saturated carbocycles. The smallest absolute Gasteiger partial charge is 0.305 e. The Hall–Kier alpha value is -1.18. The van der Waals surface area contributed by atoms with Crippen molar-refractivity contribution < 1.29 is 24.2 Å². The Morgan fingerprint density at radius 1 is 1.40 bits per heavy atom. The summed E-state index contributed by atoms with van der Waals surface area (Å²) >= 11 is 0. The van der Waals surface area contributed by atoms with Crippen LogP contribution in [0.3, 0.4) is 0 Å². The molecule has 0 aliphatic rings. The molecular weight excluding hydrogens is 264 g/mol. The van der Waals surface area contributed by atoms with Crippen molar-refractivity contribution in [3.63, 3.8) is 0 Å². The summed E-state index contributed by atoms with van der Waals surface area (Å²) in [4.78, 5) is 24.4. The summed E-state index contributed by atoms with van der Waals surface area (Å²) in [5.41, 5.74) is 0. The normalized spacial score (nSPS) is 12.2. The van der Waals surface area contributed by atoms with E-state index in [4.69, 9.17) is 9.47 Å². The van der Waals surface area contributed by atoms with Crippen LogP contribution in [0.15, 0.2) is 0 Å². The van der Waals surface area contributed by atoms with E-state index in [1.807, 2.05) is 0 Å². The number of aliphatic hydroxyl groups is 1. The molecule has 0 rings (SSSR count). The molecule has 20 heavy (non-hydrogen) atoms. The minimum absolute atomic E-state index is 0.138. The lowest BCUT2D eigenvalue weighted by molar-refractivity contribution is -0.143. The minimum atomic E-state index is -0.610. The molecule has 0 aromatic rings. The van der Waals surface area contributed by atoms with Gasteiger partial charge in [-0.25, -0.2) is 0 Å². The molecule has 0 saturated heterocycles. The van der Waals surface area contributed by atoms with Gasteiger partial charge < -0.3 is 19.9 Å². The Labute approximate surface area is 120 Å². The van der Waals surface area contributed by atoms with Crippen molar-refractivity contribution in [1.82, 2.24) is 10.2 Å². The third-order valence-electron chi connectivity index (χ3n) is 2.48. The second kappa shape index (κ2) is 11.6. The molecule has 1 unspecified atom stereocenters. The largest absolute Gasteiger partial charge is 0.466 e. The highest BCUT2D eigenvalue weighted by Gasteiger charge is 2.11. The predicted octanol–water partition coefficient (Wildman–Crippen LogP) is -0.615. The number of likely N-dealkylation sites (N-methyl/N-ethyl adjacent to an activating group) is 1. The average Bonchev–Trinajstić information content (AvgIpc) is 2.35. The van der Waals surface area contributed by atoms with Crippen LogP contribution in [0.2, 0.25) is 0 Å². The third kappa shape index (κ3) is 10.7. The first kappa shape index (κ1) is 18.8. The fourth-order valence-corrected chi connectivity index (χ4v) is 1.66. The standard InChI is InChI=1S/C13H26N2O5/c1-4-20-13(18)6-5-7-14-12(17)9-15(2)8-11(16)10-19-3/h11,16H,4-10H2,1-3H3,(H,14,17). The van der Waals surface area contributed by atoms with E-state index < -0.39 is 6.10 Å². The zero-order valence-corrected chi connectivity index (χ0v) is 12.6. The number of aliphatic hydroxyl groups excluding tert-OH is 1. The van der Waals surface area contributed by atoms with Gasteiger partial charge in [0.05, 0.1) is 25.9 Å². The molecule has 0 aliphatic heterocycles. The van der Waals surface area contributed by atoms with Crippen molar-refractivity contribution in [2.45, 2.75) is 25.9 Å². The molecule has 7 heteroatoms. The van der Waals surface area contributed by atoms with Gasteiger partial charge in [0, 0.05) is 26.6 Å². The number of amides is 1. The van der Waals surface area contributed by atoms with Gasteiger partial charge in [0.1, 0.15) is 0 Å². The van der Waals surface area contributed by atoms with E-state index in [0.29, 0.717) is 32.5 Å². The Kier molecular flexibility index (Phi) is 10.9. The maximum Gasteiger partial charge on any atom is 0.305 e. The van der Waals surface area contributed by atoms with Crippen LogP contribution in [-0.2, 0) is 19.1 Å². The van der Waals surface area contributed by atoms with Crippen LogP contribution in [0.5, 0.6) is 0 Å². The van der Waals surface area contributed by atoms with Crippen molar-refractivity contribution in [3.05, 3.63) is 0 Å². The van der Waals surface area contributed by atoms with E-state index in [9.17, 15) is 14.7 Å². The Bertz CT molecular complexity index is 286. The first-order chi connectivity index (χ1) is 9.49. The topological polar surface area (TPSA) is 88.1 Å². The molecule has 1 amide bonds. The number of nitrogens with one attached hydrogen (secondary N) is 1. The fourth-order valence-electron chi connectivity index (χ4n) is 1.66. The van der Waals surface area contributed by atoms with Gasteiger partial charge in [0.2, 0.25) is 5.91 Å². The molecular formula is C13H26N2O5. The van der Waals surface area contributed by atoms with E-state index >= 15 is 0 Å². The Morgan fingerprint density at radius 3 is 2.70 bits per heavy atom. The van der Waals surface area contributed by atoms with Crippen LogP contribution in [0.1, 0.15) is 19.8 Å². The first-order valence-electron chi connectivity index (χ1n) is 6.77. The summed E-state index contributed by atoms with van der Waals surface area (Å²) in [7, 11) is 3.26. The van der Waals surface area contributed by atoms with Crippen molar-refractivity contribution >= 4 is 11.9 Å². The predicted molar refractivity (Wildman–Crippen MR) is 74.3 cm³/mol.